The summed E-state index contributed by atoms with van der Waals surface area (Å²) in [6.45, 7) is 3.45. The Kier molecular flexibility index (Phi) is 6.40. The van der Waals surface area contributed by atoms with E-state index in [1.54, 1.807) is 30.4 Å². The van der Waals surface area contributed by atoms with Gasteiger partial charge in [-0.05, 0) is 29.8 Å². The lowest BCUT2D eigenvalue weighted by molar-refractivity contribution is -0.117. The van der Waals surface area contributed by atoms with Gasteiger partial charge in [0.1, 0.15) is 5.75 Å². The number of amidine groups is 1. The minimum Gasteiger partial charge on any atom is -0.497 e. The zero-order valence-electron chi connectivity index (χ0n) is 17.4. The number of sulfonamides is 1. The summed E-state index contributed by atoms with van der Waals surface area (Å²) in [5.41, 5.74) is 1.31. The van der Waals surface area contributed by atoms with Crippen molar-refractivity contribution in [3.8, 4) is 5.75 Å². The molecule has 1 saturated heterocycles. The normalized spacial score (nSPS) is 21.5. The smallest absolute Gasteiger partial charge is 0.256 e. The minimum atomic E-state index is -3.56. The molecule has 1 fully saturated rings. The maximum absolute atomic E-state index is 13.0. The molecule has 1 N–H and O–H groups in total. The van der Waals surface area contributed by atoms with Gasteiger partial charge in [0.25, 0.3) is 15.9 Å². The summed E-state index contributed by atoms with van der Waals surface area (Å²) < 4.78 is 38.5. The van der Waals surface area contributed by atoms with Crippen molar-refractivity contribution in [2.45, 2.75) is 6.04 Å². The van der Waals surface area contributed by atoms with Crippen LogP contribution in [0, 0.1) is 0 Å². The molecule has 0 spiro atoms. The highest BCUT2D eigenvalue weighted by molar-refractivity contribution is 7.90. The van der Waals surface area contributed by atoms with Crippen molar-refractivity contribution in [2.75, 3.05) is 52.3 Å². The lowest BCUT2D eigenvalue weighted by Crippen LogP contribution is -2.46. The van der Waals surface area contributed by atoms with E-state index in [0.717, 1.165) is 24.4 Å². The monoisotopic (exact) mass is 446 g/mol. The van der Waals surface area contributed by atoms with Gasteiger partial charge in [0, 0.05) is 32.4 Å². The Labute approximate surface area is 182 Å². The van der Waals surface area contributed by atoms with Gasteiger partial charge in [0.2, 0.25) is 0 Å². The highest BCUT2D eigenvalue weighted by Crippen LogP contribution is 2.24. The first-order chi connectivity index (χ1) is 15.0. The number of nitrogens with zero attached hydrogens (tertiary/aromatic N) is 3. The molecule has 0 saturated carbocycles. The van der Waals surface area contributed by atoms with Crippen LogP contribution in [0.5, 0.6) is 5.75 Å². The topological polar surface area (TPSA) is 101 Å². The Balaban J connectivity index is 1.52. The fraction of sp³-hybridized carbons (Fsp3) is 0.429. The van der Waals surface area contributed by atoms with E-state index in [1.807, 2.05) is 24.3 Å². The number of carbonyl (C=O) groups is 1. The standard InChI is InChI=1S/C21H26N4O5S/c1-29-17-6-4-16(5-7-17)19(24-9-12-30-13-10-24)15-22-21(26)18-3-2-8-25-11-14-31(27,28)23-20(18)25/h2-8,19H,9-15H2,1H3,(H,22,26)/t19-/m0/s1. The van der Waals surface area contributed by atoms with Crippen LogP contribution in [0.2, 0.25) is 0 Å². The number of carbonyl (C=O) groups excluding carboxylic acids is 1. The SMILES string of the molecule is COc1ccc([C@H](CNC(=O)C2=CC=CN3CCS(=O)(=O)N=C23)N2CCOCC2)cc1. The molecule has 31 heavy (non-hydrogen) atoms. The van der Waals surface area contributed by atoms with Gasteiger partial charge in [-0.3, -0.25) is 9.69 Å². The summed E-state index contributed by atoms with van der Waals surface area (Å²) >= 11 is 0. The van der Waals surface area contributed by atoms with Gasteiger partial charge in [0.15, 0.2) is 5.84 Å². The van der Waals surface area contributed by atoms with Crippen molar-refractivity contribution in [2.24, 2.45) is 4.40 Å². The van der Waals surface area contributed by atoms with Gasteiger partial charge in [-0.15, -0.1) is 4.40 Å². The van der Waals surface area contributed by atoms with Crippen molar-refractivity contribution in [3.63, 3.8) is 0 Å². The van der Waals surface area contributed by atoms with E-state index in [9.17, 15) is 13.2 Å². The van der Waals surface area contributed by atoms with Crippen LogP contribution >= 0.6 is 0 Å². The number of hydrogen-bond donors (Lipinski definition) is 1. The zero-order chi connectivity index (χ0) is 21.8. The average Bonchev–Trinajstić information content (AvgIpc) is 2.79. The van der Waals surface area contributed by atoms with Crippen molar-refractivity contribution in [1.29, 1.82) is 0 Å². The maximum Gasteiger partial charge on any atom is 0.256 e. The molecule has 0 radical (unpaired) electrons. The maximum atomic E-state index is 13.0. The van der Waals surface area contributed by atoms with Crippen LogP contribution in [0.3, 0.4) is 0 Å². The molecule has 166 valence electrons. The first-order valence-corrected chi connectivity index (χ1v) is 11.8. The fourth-order valence-electron chi connectivity index (χ4n) is 3.85. The van der Waals surface area contributed by atoms with E-state index >= 15 is 0 Å². The number of methoxy groups -OCH3 is 1. The molecule has 9 nitrogen and oxygen atoms in total. The Morgan fingerprint density at radius 3 is 2.68 bits per heavy atom. The summed E-state index contributed by atoms with van der Waals surface area (Å²) in [6, 6.07) is 7.74. The van der Waals surface area contributed by atoms with Gasteiger partial charge in [0.05, 0.1) is 37.7 Å². The molecule has 3 aliphatic heterocycles. The number of ether oxygens (including phenoxy) is 2. The third kappa shape index (κ3) is 4.97. The van der Waals surface area contributed by atoms with Gasteiger partial charge < -0.3 is 19.7 Å². The van der Waals surface area contributed by atoms with Crippen LogP contribution in [0.15, 0.2) is 52.6 Å². The second-order valence-corrected chi connectivity index (χ2v) is 9.22. The molecule has 1 atom stereocenters. The first-order valence-electron chi connectivity index (χ1n) is 10.2. The summed E-state index contributed by atoms with van der Waals surface area (Å²) in [7, 11) is -1.94. The molecule has 0 bridgehead atoms. The second kappa shape index (κ2) is 9.21. The summed E-state index contributed by atoms with van der Waals surface area (Å²) in [6.07, 6.45) is 5.07. The molecule has 3 heterocycles. The number of fused-ring (bicyclic) bond motifs is 1. The fourth-order valence-corrected chi connectivity index (χ4v) is 4.84. The number of benzene rings is 1. The van der Waals surface area contributed by atoms with Gasteiger partial charge >= 0.3 is 0 Å². The van der Waals surface area contributed by atoms with E-state index in [4.69, 9.17) is 9.47 Å². The summed E-state index contributed by atoms with van der Waals surface area (Å²) in [4.78, 5) is 17.0. The Morgan fingerprint density at radius 2 is 1.97 bits per heavy atom. The van der Waals surface area contributed by atoms with E-state index in [2.05, 4.69) is 14.6 Å². The van der Waals surface area contributed by atoms with E-state index in [-0.39, 0.29) is 35.7 Å². The number of rotatable bonds is 6. The molecular weight excluding hydrogens is 420 g/mol. The lowest BCUT2D eigenvalue weighted by atomic mass is 10.0. The Morgan fingerprint density at radius 1 is 1.23 bits per heavy atom. The van der Waals surface area contributed by atoms with Crippen LogP contribution in [-0.2, 0) is 19.6 Å². The highest BCUT2D eigenvalue weighted by atomic mass is 32.2. The number of amides is 1. The van der Waals surface area contributed by atoms with Gasteiger partial charge in [-0.25, -0.2) is 8.42 Å². The molecule has 10 heteroatoms. The average molecular weight is 447 g/mol. The van der Waals surface area contributed by atoms with Crippen molar-refractivity contribution in [3.05, 3.63) is 53.8 Å². The number of allylic oxidation sites excluding steroid dienone is 2. The minimum absolute atomic E-state index is 0.0494. The summed E-state index contributed by atoms with van der Waals surface area (Å²) in [5, 5.41) is 2.98. The van der Waals surface area contributed by atoms with Crippen LogP contribution in [0.25, 0.3) is 0 Å². The van der Waals surface area contributed by atoms with Crippen LogP contribution < -0.4 is 10.1 Å². The van der Waals surface area contributed by atoms with Crippen LogP contribution in [-0.4, -0.2) is 82.2 Å². The van der Waals surface area contributed by atoms with Crippen molar-refractivity contribution in [1.82, 2.24) is 15.1 Å². The third-order valence-corrected chi connectivity index (χ3v) is 6.69. The van der Waals surface area contributed by atoms with E-state index in [0.29, 0.717) is 19.8 Å². The van der Waals surface area contributed by atoms with Crippen molar-refractivity contribution < 1.29 is 22.7 Å². The van der Waals surface area contributed by atoms with Gasteiger partial charge in [-0.1, -0.05) is 12.1 Å². The predicted octanol–water partition coefficient (Wildman–Crippen LogP) is 0.682. The Hall–Kier alpha value is -2.69. The third-order valence-electron chi connectivity index (χ3n) is 5.55. The predicted molar refractivity (Wildman–Crippen MR) is 116 cm³/mol. The molecular formula is C21H26N4O5S. The summed E-state index contributed by atoms with van der Waals surface area (Å²) in [5.74, 6) is 0.534. The van der Waals surface area contributed by atoms with Crippen LogP contribution in [0.4, 0.5) is 0 Å². The Bertz CT molecular complexity index is 1010. The molecule has 1 aromatic rings. The number of nitrogens with one attached hydrogen (secondary N) is 1. The molecule has 0 unspecified atom stereocenters. The van der Waals surface area contributed by atoms with Crippen LogP contribution in [0.1, 0.15) is 11.6 Å². The quantitative estimate of drug-likeness (QED) is 0.686. The van der Waals surface area contributed by atoms with E-state index < -0.39 is 10.0 Å². The molecule has 0 aliphatic carbocycles. The lowest BCUT2D eigenvalue weighted by Gasteiger charge is -2.35. The molecule has 1 aromatic carbocycles. The second-order valence-electron chi connectivity index (χ2n) is 7.46. The highest BCUT2D eigenvalue weighted by Gasteiger charge is 2.31. The molecule has 1 amide bonds. The molecule has 3 aliphatic rings. The largest absolute Gasteiger partial charge is 0.497 e. The molecule has 4 rings (SSSR count). The zero-order valence-corrected chi connectivity index (χ0v) is 18.2. The molecule has 0 aromatic heterocycles. The number of hydrogen-bond acceptors (Lipinski definition) is 7. The number of morpholine rings is 1. The first kappa shape index (κ1) is 21.5. The van der Waals surface area contributed by atoms with Crippen molar-refractivity contribution >= 4 is 21.8 Å². The van der Waals surface area contributed by atoms with Gasteiger partial charge in [-0.2, -0.15) is 0 Å². The van der Waals surface area contributed by atoms with E-state index in [1.165, 1.54) is 0 Å².